The standard InChI is InChI=1S/C24H27N3/c1-5-7-20(8-6-2)24(11-14-27)23-16-21(18(3)9-12-25)15-22(17-23)19(4)10-13-26/h9-11,15-17,20H,5-8H2,1-4H3/b18-9+,19-10+,24-11+. The van der Waals surface area contributed by atoms with E-state index < -0.39 is 0 Å². The van der Waals surface area contributed by atoms with Gasteiger partial charge < -0.3 is 0 Å². The van der Waals surface area contributed by atoms with Gasteiger partial charge in [-0.1, -0.05) is 26.7 Å². The van der Waals surface area contributed by atoms with Crippen molar-refractivity contribution in [3.63, 3.8) is 0 Å². The molecule has 0 fully saturated rings. The van der Waals surface area contributed by atoms with E-state index in [9.17, 15) is 5.26 Å². The van der Waals surface area contributed by atoms with E-state index in [0.717, 1.165) is 59.1 Å². The van der Waals surface area contributed by atoms with Gasteiger partial charge in [0.1, 0.15) is 0 Å². The molecule has 3 heteroatoms. The first-order valence-corrected chi connectivity index (χ1v) is 9.40. The summed E-state index contributed by atoms with van der Waals surface area (Å²) in [5.74, 6) is 0.322. The van der Waals surface area contributed by atoms with Crippen molar-refractivity contribution in [3.05, 3.63) is 53.1 Å². The molecule has 0 saturated carbocycles. The Morgan fingerprint density at radius 3 is 1.56 bits per heavy atom. The van der Waals surface area contributed by atoms with Gasteiger partial charge in [0.2, 0.25) is 0 Å². The molecule has 0 atom stereocenters. The minimum Gasteiger partial charge on any atom is -0.193 e. The highest BCUT2D eigenvalue weighted by Gasteiger charge is 2.17. The molecule has 0 aromatic heterocycles. The first kappa shape index (κ1) is 22.0. The first-order chi connectivity index (χ1) is 13.0. The first-order valence-electron chi connectivity index (χ1n) is 9.40. The third-order valence-corrected chi connectivity index (χ3v) is 4.67. The van der Waals surface area contributed by atoms with Crippen molar-refractivity contribution in [2.24, 2.45) is 5.92 Å². The fourth-order valence-corrected chi connectivity index (χ4v) is 3.27. The Labute approximate surface area is 163 Å². The summed E-state index contributed by atoms with van der Waals surface area (Å²) in [5, 5.41) is 27.4. The molecule has 0 radical (unpaired) electrons. The van der Waals surface area contributed by atoms with E-state index in [2.05, 4.69) is 32.1 Å². The molecule has 0 aliphatic heterocycles. The SMILES string of the molecule is CCCC(CCC)/C(=C\C#N)c1cc(/C(C)=C/C#N)cc(/C(C)=C/C#N)c1. The monoisotopic (exact) mass is 357 g/mol. The second kappa shape index (κ2) is 11.5. The van der Waals surface area contributed by atoms with Crippen LogP contribution in [0.2, 0.25) is 0 Å². The number of hydrogen-bond donors (Lipinski definition) is 0. The molecule has 1 rings (SSSR count). The van der Waals surface area contributed by atoms with Crippen LogP contribution in [0.4, 0.5) is 0 Å². The third-order valence-electron chi connectivity index (χ3n) is 4.67. The van der Waals surface area contributed by atoms with Crippen LogP contribution in [-0.2, 0) is 0 Å². The molecule has 27 heavy (non-hydrogen) atoms. The highest BCUT2D eigenvalue weighted by atomic mass is 14.3. The minimum atomic E-state index is 0.322. The number of nitrogens with zero attached hydrogens (tertiary/aromatic N) is 3. The topological polar surface area (TPSA) is 71.4 Å². The molecule has 0 spiro atoms. The second-order valence-electron chi connectivity index (χ2n) is 6.71. The zero-order valence-electron chi connectivity index (χ0n) is 16.7. The fourth-order valence-electron chi connectivity index (χ4n) is 3.27. The molecule has 0 saturated heterocycles. The summed E-state index contributed by atoms with van der Waals surface area (Å²) < 4.78 is 0. The summed E-state index contributed by atoms with van der Waals surface area (Å²) in [5.41, 5.74) is 5.63. The molecular weight excluding hydrogens is 330 g/mol. The van der Waals surface area contributed by atoms with E-state index in [1.54, 1.807) is 6.08 Å². The van der Waals surface area contributed by atoms with Gasteiger partial charge in [-0.2, -0.15) is 15.8 Å². The Hall–Kier alpha value is -3.09. The van der Waals surface area contributed by atoms with Crippen LogP contribution in [-0.4, -0.2) is 0 Å². The molecule has 0 amide bonds. The van der Waals surface area contributed by atoms with E-state index in [0.29, 0.717) is 5.92 Å². The van der Waals surface area contributed by atoms with Gasteiger partial charge >= 0.3 is 0 Å². The number of benzene rings is 1. The number of rotatable bonds is 8. The highest BCUT2D eigenvalue weighted by Crippen LogP contribution is 2.34. The summed E-state index contributed by atoms with van der Waals surface area (Å²) in [6.45, 7) is 8.12. The lowest BCUT2D eigenvalue weighted by molar-refractivity contribution is 0.544. The van der Waals surface area contributed by atoms with Crippen molar-refractivity contribution in [1.29, 1.82) is 15.8 Å². The maximum absolute atomic E-state index is 9.37. The smallest absolute Gasteiger partial charge is 0.0915 e. The largest absolute Gasteiger partial charge is 0.193 e. The fraction of sp³-hybridized carbons (Fsp3) is 0.375. The second-order valence-corrected chi connectivity index (χ2v) is 6.71. The predicted molar refractivity (Wildman–Crippen MR) is 112 cm³/mol. The van der Waals surface area contributed by atoms with Crippen molar-refractivity contribution >= 4 is 16.7 Å². The molecule has 0 aliphatic carbocycles. The van der Waals surface area contributed by atoms with Gasteiger partial charge in [0.15, 0.2) is 0 Å². The van der Waals surface area contributed by atoms with Gasteiger partial charge in [-0.3, -0.25) is 0 Å². The maximum atomic E-state index is 9.37. The predicted octanol–water partition coefficient (Wildman–Crippen LogP) is 6.66. The van der Waals surface area contributed by atoms with Crippen LogP contribution in [0.5, 0.6) is 0 Å². The Kier molecular flexibility index (Phi) is 9.36. The average Bonchev–Trinajstić information content (AvgIpc) is 2.66. The molecule has 0 unspecified atom stereocenters. The van der Waals surface area contributed by atoms with Crippen LogP contribution in [0.25, 0.3) is 16.7 Å². The van der Waals surface area contributed by atoms with E-state index in [1.165, 1.54) is 12.2 Å². The number of allylic oxidation sites excluding steroid dienone is 6. The summed E-state index contributed by atoms with van der Waals surface area (Å²) in [6, 6.07) is 12.5. The van der Waals surface area contributed by atoms with Gasteiger partial charge in [-0.05, 0) is 84.2 Å². The molecule has 1 aromatic carbocycles. The number of nitriles is 3. The molecule has 3 nitrogen and oxygen atoms in total. The molecule has 138 valence electrons. The van der Waals surface area contributed by atoms with Crippen molar-refractivity contribution in [1.82, 2.24) is 0 Å². The van der Waals surface area contributed by atoms with E-state index >= 15 is 0 Å². The zero-order chi connectivity index (χ0) is 20.2. The lowest BCUT2D eigenvalue weighted by Crippen LogP contribution is -2.05. The van der Waals surface area contributed by atoms with Crippen LogP contribution in [0, 0.1) is 39.9 Å². The van der Waals surface area contributed by atoms with Gasteiger partial charge in [-0.15, -0.1) is 0 Å². The van der Waals surface area contributed by atoms with Gasteiger partial charge in [-0.25, -0.2) is 0 Å². The van der Waals surface area contributed by atoms with Crippen LogP contribution in [0.1, 0.15) is 70.1 Å². The molecule has 0 heterocycles. The summed E-state index contributed by atoms with van der Waals surface area (Å²) in [7, 11) is 0. The van der Waals surface area contributed by atoms with Crippen molar-refractivity contribution in [2.45, 2.75) is 53.4 Å². The lowest BCUT2D eigenvalue weighted by Gasteiger charge is -2.21. The number of hydrogen-bond acceptors (Lipinski definition) is 3. The quantitative estimate of drug-likeness (QED) is 0.488. The average molecular weight is 358 g/mol. The summed E-state index contributed by atoms with van der Waals surface area (Å²) in [4.78, 5) is 0. The Bertz CT molecular complexity index is 810. The minimum absolute atomic E-state index is 0.322. The Morgan fingerprint density at radius 1 is 0.778 bits per heavy atom. The molecule has 0 aliphatic rings. The van der Waals surface area contributed by atoms with E-state index in [1.807, 2.05) is 32.0 Å². The van der Waals surface area contributed by atoms with Crippen LogP contribution in [0.15, 0.2) is 36.4 Å². The van der Waals surface area contributed by atoms with Crippen molar-refractivity contribution < 1.29 is 0 Å². The van der Waals surface area contributed by atoms with Crippen LogP contribution < -0.4 is 0 Å². The van der Waals surface area contributed by atoms with Gasteiger partial charge in [0.25, 0.3) is 0 Å². The molecule has 1 aromatic rings. The Morgan fingerprint density at radius 2 is 1.19 bits per heavy atom. The van der Waals surface area contributed by atoms with Crippen LogP contribution in [0.3, 0.4) is 0 Å². The van der Waals surface area contributed by atoms with E-state index in [4.69, 9.17) is 10.5 Å². The third kappa shape index (κ3) is 6.29. The maximum Gasteiger partial charge on any atom is 0.0915 e. The van der Waals surface area contributed by atoms with Crippen molar-refractivity contribution in [2.75, 3.05) is 0 Å². The van der Waals surface area contributed by atoms with Gasteiger partial charge in [0.05, 0.1) is 18.2 Å². The highest BCUT2D eigenvalue weighted by molar-refractivity contribution is 5.79. The Balaban J connectivity index is 3.67. The normalized spacial score (nSPS) is 12.4. The molecular formula is C24H27N3. The van der Waals surface area contributed by atoms with Crippen molar-refractivity contribution in [3.8, 4) is 18.2 Å². The van der Waals surface area contributed by atoms with Crippen LogP contribution >= 0.6 is 0 Å². The zero-order valence-corrected chi connectivity index (χ0v) is 16.7. The molecule has 0 bridgehead atoms. The van der Waals surface area contributed by atoms with E-state index in [-0.39, 0.29) is 0 Å². The summed E-state index contributed by atoms with van der Waals surface area (Å²) >= 11 is 0. The van der Waals surface area contributed by atoms with Gasteiger partial charge in [0, 0.05) is 18.2 Å². The summed E-state index contributed by atoms with van der Waals surface area (Å²) in [6.07, 6.45) is 8.87. The lowest BCUT2D eigenvalue weighted by atomic mass is 9.83. The molecule has 0 N–H and O–H groups in total.